The average Bonchev–Trinajstić information content (AvgIpc) is 3.16. The fraction of sp³-hybridized carbons (Fsp3) is 0.222. The molecule has 9 nitrogen and oxygen atoms in total. The van der Waals surface area contributed by atoms with Gasteiger partial charge in [0.2, 0.25) is 5.75 Å². The number of nitrogens with zero attached hydrogens (tertiary/aromatic N) is 2. The maximum Gasteiger partial charge on any atom is 0.262 e. The van der Waals surface area contributed by atoms with Crippen LogP contribution in [0, 0.1) is 0 Å². The van der Waals surface area contributed by atoms with Crippen LogP contribution in [0.4, 0.5) is 5.69 Å². The quantitative estimate of drug-likeness (QED) is 0.340. The van der Waals surface area contributed by atoms with E-state index in [0.29, 0.717) is 39.3 Å². The zero-order valence-corrected chi connectivity index (χ0v) is 21.2. The summed E-state index contributed by atoms with van der Waals surface area (Å²) >= 11 is 6.36. The van der Waals surface area contributed by atoms with Gasteiger partial charge in [0.15, 0.2) is 11.5 Å². The molecule has 3 aromatic carbocycles. The van der Waals surface area contributed by atoms with Crippen molar-refractivity contribution in [2.45, 2.75) is 12.1 Å². The second kappa shape index (κ2) is 9.33. The fourth-order valence-electron chi connectivity index (χ4n) is 4.88. The predicted octanol–water partition coefficient (Wildman–Crippen LogP) is 4.13. The number of halogens is 1. The normalized spacial score (nSPS) is 18.5. The van der Waals surface area contributed by atoms with Crippen LogP contribution in [0.5, 0.6) is 23.0 Å². The van der Waals surface area contributed by atoms with Gasteiger partial charge in [-0.1, -0.05) is 23.7 Å². The van der Waals surface area contributed by atoms with Gasteiger partial charge in [-0.3, -0.25) is 19.3 Å². The van der Waals surface area contributed by atoms with Crippen LogP contribution >= 0.6 is 11.6 Å². The van der Waals surface area contributed by atoms with Crippen molar-refractivity contribution in [3.05, 3.63) is 76.3 Å². The lowest BCUT2D eigenvalue weighted by Gasteiger charge is -2.50. The third kappa shape index (κ3) is 3.65. The third-order valence-corrected chi connectivity index (χ3v) is 6.91. The van der Waals surface area contributed by atoms with Gasteiger partial charge >= 0.3 is 0 Å². The van der Waals surface area contributed by atoms with Crippen LogP contribution in [0.15, 0.2) is 54.6 Å². The number of fused-ring (bicyclic) bond motifs is 1. The van der Waals surface area contributed by atoms with Gasteiger partial charge in [-0.25, -0.2) is 0 Å². The highest BCUT2D eigenvalue weighted by Gasteiger charge is 2.57. The average molecular weight is 523 g/mol. The van der Waals surface area contributed by atoms with Gasteiger partial charge in [-0.2, -0.15) is 0 Å². The molecule has 0 spiro atoms. The number of benzene rings is 3. The molecule has 0 aliphatic carbocycles. The van der Waals surface area contributed by atoms with E-state index in [-0.39, 0.29) is 11.1 Å². The van der Waals surface area contributed by atoms with Crippen LogP contribution in [0.25, 0.3) is 0 Å². The van der Waals surface area contributed by atoms with Gasteiger partial charge in [0.05, 0.1) is 50.6 Å². The maximum absolute atomic E-state index is 13.7. The topological polar surface area (TPSA) is 94.6 Å². The van der Waals surface area contributed by atoms with Crippen molar-refractivity contribution >= 4 is 35.0 Å². The molecular formula is C27H23ClN2O7. The largest absolute Gasteiger partial charge is 0.495 e. The Kier molecular flexibility index (Phi) is 6.16. The first-order valence-electron chi connectivity index (χ1n) is 11.3. The number of amides is 3. The Morgan fingerprint density at radius 2 is 1.24 bits per heavy atom. The van der Waals surface area contributed by atoms with Crippen LogP contribution < -0.4 is 23.8 Å². The number of anilines is 1. The number of β-lactam (4-membered cyclic amide) rings is 1. The van der Waals surface area contributed by atoms with Gasteiger partial charge in [-0.15, -0.1) is 0 Å². The molecule has 0 aromatic heterocycles. The second-order valence-corrected chi connectivity index (χ2v) is 8.81. The van der Waals surface area contributed by atoms with E-state index >= 15 is 0 Å². The highest BCUT2D eigenvalue weighted by atomic mass is 35.5. The molecule has 2 aliphatic heterocycles. The molecule has 0 bridgehead atoms. The monoisotopic (exact) mass is 522 g/mol. The van der Waals surface area contributed by atoms with Crippen molar-refractivity contribution in [3.63, 3.8) is 0 Å². The van der Waals surface area contributed by atoms with Crippen LogP contribution in [0.2, 0.25) is 5.02 Å². The molecule has 2 heterocycles. The number of ether oxygens (including phenoxy) is 4. The Morgan fingerprint density at radius 3 is 1.73 bits per heavy atom. The number of hydrogen-bond donors (Lipinski definition) is 0. The van der Waals surface area contributed by atoms with E-state index in [0.717, 1.165) is 4.90 Å². The van der Waals surface area contributed by atoms with E-state index in [1.54, 1.807) is 54.6 Å². The molecule has 0 radical (unpaired) electrons. The van der Waals surface area contributed by atoms with E-state index in [2.05, 4.69) is 0 Å². The second-order valence-electron chi connectivity index (χ2n) is 8.40. The Bertz CT molecular complexity index is 1380. The van der Waals surface area contributed by atoms with Crippen molar-refractivity contribution in [1.29, 1.82) is 0 Å². The van der Waals surface area contributed by atoms with Crippen molar-refractivity contribution < 1.29 is 33.3 Å². The van der Waals surface area contributed by atoms with Gasteiger partial charge < -0.3 is 23.8 Å². The van der Waals surface area contributed by atoms with Crippen LogP contribution in [0.1, 0.15) is 32.3 Å². The summed E-state index contributed by atoms with van der Waals surface area (Å²) in [6.07, 6.45) is 0. The number of imide groups is 1. The molecule has 3 amide bonds. The minimum atomic E-state index is -1.10. The van der Waals surface area contributed by atoms with Gasteiger partial charge in [0, 0.05) is 5.69 Å². The molecule has 3 aromatic rings. The summed E-state index contributed by atoms with van der Waals surface area (Å²) in [5.41, 5.74) is 1.56. The highest BCUT2D eigenvalue weighted by molar-refractivity contribution is 6.32. The minimum absolute atomic E-state index is 0.259. The van der Waals surface area contributed by atoms with Crippen molar-refractivity contribution in [2.75, 3.05) is 33.3 Å². The summed E-state index contributed by atoms with van der Waals surface area (Å²) in [6.45, 7) is 0. The Hall–Kier alpha value is -4.24. The number of carbonyl (C=O) groups excluding carboxylic acids is 3. The zero-order chi connectivity index (χ0) is 26.4. The molecule has 1 fully saturated rings. The molecule has 190 valence electrons. The van der Waals surface area contributed by atoms with Crippen molar-refractivity contribution in [1.82, 2.24) is 4.90 Å². The molecule has 2 aliphatic rings. The molecule has 2 atom stereocenters. The van der Waals surface area contributed by atoms with Crippen molar-refractivity contribution in [2.24, 2.45) is 0 Å². The standard InChI is InChI=1S/C27H23ClN2O7/c1-34-19-10-9-15(13-18(19)28)29-22(14-11-20(35-2)24(37-4)21(12-14)36-3)23(27(29)33)30-25(31)16-7-5-6-8-17(16)26(30)32/h5-13,22-23H,1-4H3/t22-,23+/m1/s1. The number of rotatable bonds is 7. The summed E-state index contributed by atoms with van der Waals surface area (Å²) in [6, 6.07) is 13.0. The molecule has 0 N–H and O–H groups in total. The summed E-state index contributed by atoms with van der Waals surface area (Å²) in [5, 5.41) is 0.306. The van der Waals surface area contributed by atoms with Crippen LogP contribution in [-0.2, 0) is 4.79 Å². The predicted molar refractivity (Wildman–Crippen MR) is 135 cm³/mol. The third-order valence-electron chi connectivity index (χ3n) is 6.61. The summed E-state index contributed by atoms with van der Waals surface area (Å²) in [7, 11) is 5.94. The fourth-order valence-corrected chi connectivity index (χ4v) is 5.13. The first-order valence-corrected chi connectivity index (χ1v) is 11.7. The van der Waals surface area contributed by atoms with Gasteiger partial charge in [0.1, 0.15) is 11.8 Å². The van der Waals surface area contributed by atoms with Crippen molar-refractivity contribution in [3.8, 4) is 23.0 Å². The molecule has 10 heteroatoms. The zero-order valence-electron chi connectivity index (χ0n) is 20.5. The Labute approximate surface area is 218 Å². The van der Waals surface area contributed by atoms with E-state index in [9.17, 15) is 14.4 Å². The van der Waals surface area contributed by atoms with Crippen LogP contribution in [-0.4, -0.2) is 57.1 Å². The highest BCUT2D eigenvalue weighted by Crippen LogP contribution is 2.49. The molecule has 0 unspecified atom stereocenters. The Morgan fingerprint density at radius 1 is 0.676 bits per heavy atom. The lowest BCUT2D eigenvalue weighted by atomic mass is 9.86. The lowest BCUT2D eigenvalue weighted by molar-refractivity contribution is -0.130. The lowest BCUT2D eigenvalue weighted by Crippen LogP contribution is -2.67. The number of methoxy groups -OCH3 is 4. The summed E-state index contributed by atoms with van der Waals surface area (Å²) in [4.78, 5) is 42.8. The maximum atomic E-state index is 13.7. The molecule has 0 saturated carbocycles. The molecule has 37 heavy (non-hydrogen) atoms. The molecule has 1 saturated heterocycles. The van der Waals surface area contributed by atoms with Gasteiger partial charge in [-0.05, 0) is 48.0 Å². The summed E-state index contributed by atoms with van der Waals surface area (Å²) < 4.78 is 21.7. The number of hydrogen-bond acceptors (Lipinski definition) is 7. The molecule has 5 rings (SSSR count). The smallest absolute Gasteiger partial charge is 0.262 e. The van der Waals surface area contributed by atoms with E-state index in [4.69, 9.17) is 30.5 Å². The first kappa shape index (κ1) is 24.5. The number of carbonyl (C=O) groups is 3. The first-order chi connectivity index (χ1) is 17.9. The van der Waals surface area contributed by atoms with E-state index in [1.165, 1.54) is 33.3 Å². The molecular weight excluding hydrogens is 500 g/mol. The van der Waals surface area contributed by atoms with E-state index in [1.807, 2.05) is 0 Å². The van der Waals surface area contributed by atoms with Crippen LogP contribution in [0.3, 0.4) is 0 Å². The Balaban J connectivity index is 1.65. The SMILES string of the molecule is COc1ccc(N2C(=O)[C@@H](N3C(=O)c4ccccc4C3=O)[C@H]2c2cc(OC)c(OC)c(OC)c2)cc1Cl. The van der Waals surface area contributed by atoms with Gasteiger partial charge in [0.25, 0.3) is 17.7 Å². The van der Waals surface area contributed by atoms with E-state index < -0.39 is 29.8 Å². The minimum Gasteiger partial charge on any atom is -0.495 e. The summed E-state index contributed by atoms with van der Waals surface area (Å²) in [5.74, 6) is 0.0625.